The Bertz CT molecular complexity index is 1030. The summed E-state index contributed by atoms with van der Waals surface area (Å²) >= 11 is 0. The molecule has 2 atom stereocenters. The maximum Gasteiger partial charge on any atom is 0.272 e. The lowest BCUT2D eigenvalue weighted by molar-refractivity contribution is -0.0799. The number of nitrogens with zero attached hydrogens (tertiary/aromatic N) is 3. The van der Waals surface area contributed by atoms with Crippen molar-refractivity contribution in [3.05, 3.63) is 77.6 Å². The third-order valence-electron chi connectivity index (χ3n) is 5.37. The van der Waals surface area contributed by atoms with Gasteiger partial charge in [0.2, 0.25) is 6.79 Å². The van der Waals surface area contributed by atoms with E-state index in [1.54, 1.807) is 24.0 Å². The predicted octanol–water partition coefficient (Wildman–Crippen LogP) is 3.10. The van der Waals surface area contributed by atoms with Crippen molar-refractivity contribution in [2.75, 3.05) is 19.9 Å². The Labute approximate surface area is 168 Å². The molecule has 7 nitrogen and oxygen atoms in total. The molecule has 0 saturated carbocycles. The number of aromatic nitrogens is 2. The van der Waals surface area contributed by atoms with Crippen molar-refractivity contribution in [2.45, 2.75) is 12.2 Å². The second-order valence-corrected chi connectivity index (χ2v) is 7.19. The number of hydrogen-bond donors (Lipinski definition) is 0. The summed E-state index contributed by atoms with van der Waals surface area (Å²) in [6, 6.07) is 17.5. The molecule has 0 N–H and O–H groups in total. The molecule has 0 aliphatic carbocycles. The summed E-state index contributed by atoms with van der Waals surface area (Å²) in [6.45, 7) is 1.16. The van der Waals surface area contributed by atoms with Crippen molar-refractivity contribution in [1.82, 2.24) is 14.7 Å². The highest BCUT2D eigenvalue weighted by atomic mass is 16.7. The number of ether oxygens (including phenoxy) is 3. The maximum atomic E-state index is 13.2. The van der Waals surface area contributed by atoms with Crippen LogP contribution in [0.25, 0.3) is 0 Å². The summed E-state index contributed by atoms with van der Waals surface area (Å²) in [7, 11) is 1.78. The SMILES string of the molecule is Cn1nccc1C(=O)N1C[C@@H](c2ccccc2)O[C@@H](c2ccc3c(c2)OCO3)C1. The van der Waals surface area contributed by atoms with Crippen LogP contribution in [0, 0.1) is 0 Å². The predicted molar refractivity (Wildman–Crippen MR) is 105 cm³/mol. The smallest absolute Gasteiger partial charge is 0.272 e. The van der Waals surface area contributed by atoms with Crippen molar-refractivity contribution in [2.24, 2.45) is 7.05 Å². The van der Waals surface area contributed by atoms with Gasteiger partial charge in [-0.2, -0.15) is 5.10 Å². The van der Waals surface area contributed by atoms with E-state index >= 15 is 0 Å². The molecule has 1 fully saturated rings. The molecule has 29 heavy (non-hydrogen) atoms. The summed E-state index contributed by atoms with van der Waals surface area (Å²) in [5, 5.41) is 4.13. The minimum absolute atomic E-state index is 0.0556. The number of fused-ring (bicyclic) bond motifs is 1. The number of hydrogen-bond acceptors (Lipinski definition) is 5. The molecule has 2 aliphatic rings. The lowest BCUT2D eigenvalue weighted by Crippen LogP contribution is -2.44. The van der Waals surface area contributed by atoms with Crippen LogP contribution in [0.4, 0.5) is 0 Å². The zero-order valence-corrected chi connectivity index (χ0v) is 16.0. The number of amides is 1. The molecule has 7 heteroatoms. The highest BCUT2D eigenvalue weighted by molar-refractivity contribution is 5.92. The van der Waals surface area contributed by atoms with E-state index in [1.807, 2.05) is 53.4 Å². The van der Waals surface area contributed by atoms with Crippen molar-refractivity contribution in [3.8, 4) is 11.5 Å². The Morgan fingerprint density at radius 1 is 0.966 bits per heavy atom. The minimum Gasteiger partial charge on any atom is -0.454 e. The summed E-state index contributed by atoms with van der Waals surface area (Å²) in [6.07, 6.45) is 1.13. The first-order valence-corrected chi connectivity index (χ1v) is 9.56. The van der Waals surface area contributed by atoms with Gasteiger partial charge in [0.1, 0.15) is 17.9 Å². The fourth-order valence-corrected chi connectivity index (χ4v) is 3.82. The normalized spacial score (nSPS) is 20.7. The summed E-state index contributed by atoms with van der Waals surface area (Å²) in [4.78, 5) is 15.0. The monoisotopic (exact) mass is 391 g/mol. The Morgan fingerprint density at radius 2 is 1.72 bits per heavy atom. The Balaban J connectivity index is 1.47. The van der Waals surface area contributed by atoms with Crippen LogP contribution in [0.1, 0.15) is 33.8 Å². The molecular weight excluding hydrogens is 370 g/mol. The van der Waals surface area contributed by atoms with Gasteiger partial charge >= 0.3 is 0 Å². The number of carbonyl (C=O) groups excluding carboxylic acids is 1. The highest BCUT2D eigenvalue weighted by Gasteiger charge is 2.34. The van der Waals surface area contributed by atoms with Gasteiger partial charge < -0.3 is 19.1 Å². The van der Waals surface area contributed by atoms with Crippen LogP contribution in [0.3, 0.4) is 0 Å². The maximum absolute atomic E-state index is 13.2. The van der Waals surface area contributed by atoms with Gasteiger partial charge in [0, 0.05) is 13.2 Å². The topological polar surface area (TPSA) is 65.8 Å². The summed E-state index contributed by atoms with van der Waals surface area (Å²) in [5.74, 6) is 1.38. The largest absolute Gasteiger partial charge is 0.454 e. The molecule has 1 aromatic heterocycles. The van der Waals surface area contributed by atoms with Gasteiger partial charge in [-0.15, -0.1) is 0 Å². The van der Waals surface area contributed by atoms with Gasteiger partial charge in [-0.25, -0.2) is 0 Å². The molecule has 3 aromatic rings. The summed E-state index contributed by atoms with van der Waals surface area (Å²) < 4.78 is 19.0. The molecule has 2 aromatic carbocycles. The van der Waals surface area contributed by atoms with Crippen LogP contribution in [-0.4, -0.2) is 40.5 Å². The van der Waals surface area contributed by atoms with Crippen LogP contribution in [0.2, 0.25) is 0 Å². The molecule has 0 bridgehead atoms. The number of rotatable bonds is 3. The van der Waals surface area contributed by atoms with Crippen LogP contribution in [0.5, 0.6) is 11.5 Å². The lowest BCUT2D eigenvalue weighted by atomic mass is 10.0. The third-order valence-corrected chi connectivity index (χ3v) is 5.37. The van der Waals surface area contributed by atoms with Gasteiger partial charge in [0.15, 0.2) is 11.5 Å². The van der Waals surface area contributed by atoms with Gasteiger partial charge in [-0.3, -0.25) is 9.48 Å². The molecular formula is C22H21N3O4. The molecule has 0 radical (unpaired) electrons. The number of carbonyl (C=O) groups is 1. The average molecular weight is 391 g/mol. The van der Waals surface area contributed by atoms with Gasteiger partial charge in [-0.05, 0) is 29.3 Å². The molecule has 148 valence electrons. The molecule has 5 rings (SSSR count). The van der Waals surface area contributed by atoms with Gasteiger partial charge in [0.25, 0.3) is 5.91 Å². The Morgan fingerprint density at radius 3 is 2.48 bits per heavy atom. The van der Waals surface area contributed by atoms with Crippen molar-refractivity contribution < 1.29 is 19.0 Å². The van der Waals surface area contributed by atoms with E-state index in [9.17, 15) is 4.79 Å². The van der Waals surface area contributed by atoms with Crippen LogP contribution < -0.4 is 9.47 Å². The summed E-state index contributed by atoms with van der Waals surface area (Å²) in [5.41, 5.74) is 2.56. The fraction of sp³-hybridized carbons (Fsp3) is 0.273. The third kappa shape index (κ3) is 3.34. The van der Waals surface area contributed by atoms with E-state index in [2.05, 4.69) is 5.10 Å². The van der Waals surface area contributed by atoms with Crippen LogP contribution in [-0.2, 0) is 11.8 Å². The highest BCUT2D eigenvalue weighted by Crippen LogP contribution is 2.38. The van der Waals surface area contributed by atoms with Crippen LogP contribution >= 0.6 is 0 Å². The second kappa shape index (κ2) is 7.25. The van der Waals surface area contributed by atoms with Crippen molar-refractivity contribution >= 4 is 5.91 Å². The lowest BCUT2D eigenvalue weighted by Gasteiger charge is -2.38. The number of benzene rings is 2. The van der Waals surface area contributed by atoms with Gasteiger partial charge in [0.05, 0.1) is 13.1 Å². The molecule has 1 amide bonds. The fourth-order valence-electron chi connectivity index (χ4n) is 3.82. The molecule has 1 saturated heterocycles. The zero-order chi connectivity index (χ0) is 19.8. The minimum atomic E-state index is -0.277. The van der Waals surface area contributed by atoms with E-state index < -0.39 is 0 Å². The van der Waals surface area contributed by atoms with E-state index in [1.165, 1.54) is 0 Å². The van der Waals surface area contributed by atoms with Gasteiger partial charge in [-0.1, -0.05) is 36.4 Å². The average Bonchev–Trinajstić information content (AvgIpc) is 3.41. The van der Waals surface area contributed by atoms with Crippen molar-refractivity contribution in [3.63, 3.8) is 0 Å². The molecule has 0 spiro atoms. The van der Waals surface area contributed by atoms with E-state index in [-0.39, 0.29) is 24.9 Å². The van der Waals surface area contributed by atoms with E-state index in [0.717, 1.165) is 16.9 Å². The number of aryl methyl sites for hydroxylation is 1. The second-order valence-electron chi connectivity index (χ2n) is 7.19. The Hall–Kier alpha value is -3.32. The first-order chi connectivity index (χ1) is 14.2. The first-order valence-electron chi connectivity index (χ1n) is 9.56. The van der Waals surface area contributed by atoms with Crippen LogP contribution in [0.15, 0.2) is 60.8 Å². The molecule has 3 heterocycles. The van der Waals surface area contributed by atoms with E-state index in [4.69, 9.17) is 14.2 Å². The molecule has 0 unspecified atom stereocenters. The molecule has 2 aliphatic heterocycles. The Kier molecular flexibility index (Phi) is 4.44. The van der Waals surface area contributed by atoms with Crippen molar-refractivity contribution in [1.29, 1.82) is 0 Å². The standard InChI is InChI=1S/C22H21N3O4/c1-24-17(9-10-23-24)22(26)25-12-20(15-5-3-2-4-6-15)29-21(13-25)16-7-8-18-19(11-16)28-14-27-18/h2-11,20-21H,12-14H2,1H3/t20-,21+/m0/s1. The first kappa shape index (κ1) is 17.8. The zero-order valence-electron chi connectivity index (χ0n) is 16.0. The number of morpholine rings is 1. The quantitative estimate of drug-likeness (QED) is 0.686. The van der Waals surface area contributed by atoms with E-state index in [0.29, 0.717) is 24.5 Å².